The molecular formula is C23H25Br2N3O3. The van der Waals surface area contributed by atoms with E-state index in [2.05, 4.69) is 62.7 Å². The number of aromatic nitrogens is 2. The van der Waals surface area contributed by atoms with Crippen LogP contribution in [0.3, 0.4) is 0 Å². The summed E-state index contributed by atoms with van der Waals surface area (Å²) in [5, 5.41) is 4.95. The summed E-state index contributed by atoms with van der Waals surface area (Å²) in [6.07, 6.45) is 2.19. The van der Waals surface area contributed by atoms with Crippen molar-refractivity contribution in [3.8, 4) is 11.5 Å². The van der Waals surface area contributed by atoms with Crippen molar-refractivity contribution in [3.05, 3.63) is 61.0 Å². The molecule has 0 atom stereocenters. The first-order chi connectivity index (χ1) is 14.6. The molecule has 0 spiro atoms. The maximum absolute atomic E-state index is 13.0. The molecule has 31 heavy (non-hydrogen) atoms. The number of nitrogens with zero attached hydrogens (tertiary/aromatic N) is 3. The second-order valence-corrected chi connectivity index (χ2v) is 10.1. The van der Waals surface area contributed by atoms with Crippen LogP contribution in [0.5, 0.6) is 11.5 Å². The van der Waals surface area contributed by atoms with E-state index in [-0.39, 0.29) is 11.0 Å². The van der Waals surface area contributed by atoms with E-state index in [9.17, 15) is 4.79 Å². The van der Waals surface area contributed by atoms with Gasteiger partial charge in [-0.3, -0.25) is 4.79 Å². The fourth-order valence-electron chi connectivity index (χ4n) is 2.91. The second-order valence-electron chi connectivity index (χ2n) is 8.29. The molecule has 0 aliphatic rings. The smallest absolute Gasteiger partial charge is 0.282 e. The Morgan fingerprint density at radius 1 is 1.19 bits per heavy atom. The van der Waals surface area contributed by atoms with E-state index in [0.29, 0.717) is 41.3 Å². The minimum absolute atomic E-state index is 0.0143. The highest BCUT2D eigenvalue weighted by atomic mass is 79.9. The van der Waals surface area contributed by atoms with Crippen molar-refractivity contribution in [3.63, 3.8) is 0 Å². The van der Waals surface area contributed by atoms with Crippen molar-refractivity contribution < 1.29 is 9.47 Å². The largest absolute Gasteiger partial charge is 0.493 e. The number of benzene rings is 2. The first kappa shape index (κ1) is 23.5. The Morgan fingerprint density at radius 2 is 1.94 bits per heavy atom. The molecule has 0 unspecified atom stereocenters. The molecule has 0 aliphatic carbocycles. The van der Waals surface area contributed by atoms with Gasteiger partial charge in [0, 0.05) is 10.9 Å². The monoisotopic (exact) mass is 549 g/mol. The summed E-state index contributed by atoms with van der Waals surface area (Å²) in [4.78, 5) is 17.6. The maximum Gasteiger partial charge on any atom is 0.282 e. The normalized spacial score (nSPS) is 12.0. The Labute approximate surface area is 198 Å². The van der Waals surface area contributed by atoms with Crippen molar-refractivity contribution >= 4 is 49.0 Å². The lowest BCUT2D eigenvalue weighted by atomic mass is 9.99. The molecule has 1 aromatic heterocycles. The quantitative estimate of drug-likeness (QED) is 0.364. The number of halogens is 2. The molecule has 8 heteroatoms. The van der Waals surface area contributed by atoms with Gasteiger partial charge in [0.25, 0.3) is 5.56 Å². The van der Waals surface area contributed by atoms with Gasteiger partial charge in [0.05, 0.1) is 35.3 Å². The molecule has 3 aromatic rings. The van der Waals surface area contributed by atoms with Crippen molar-refractivity contribution in [2.24, 2.45) is 10.5 Å². The number of hydrogen-bond acceptors (Lipinski definition) is 5. The molecule has 3 rings (SSSR count). The van der Waals surface area contributed by atoms with Crippen LogP contribution in [0.1, 0.15) is 39.1 Å². The lowest BCUT2D eigenvalue weighted by molar-refractivity contribution is 0.190. The molecular weight excluding hydrogens is 526 g/mol. The number of ether oxygens (including phenoxy) is 2. The zero-order valence-electron chi connectivity index (χ0n) is 18.2. The van der Waals surface area contributed by atoms with Crippen molar-refractivity contribution in [1.29, 1.82) is 0 Å². The fourth-order valence-corrected chi connectivity index (χ4v) is 3.85. The molecule has 0 bridgehead atoms. The molecule has 2 aromatic carbocycles. The van der Waals surface area contributed by atoms with E-state index < -0.39 is 0 Å². The van der Waals surface area contributed by atoms with Crippen LogP contribution in [0.4, 0.5) is 0 Å². The Balaban J connectivity index is 2.01. The van der Waals surface area contributed by atoms with Gasteiger partial charge < -0.3 is 9.47 Å². The third-order valence-corrected chi connectivity index (χ3v) is 5.50. The molecule has 6 nitrogen and oxygen atoms in total. The average Bonchev–Trinajstić information content (AvgIpc) is 2.71. The van der Waals surface area contributed by atoms with Crippen LogP contribution in [0.25, 0.3) is 10.9 Å². The predicted octanol–water partition coefficient (Wildman–Crippen LogP) is 5.80. The molecule has 1 heterocycles. The molecule has 0 saturated carbocycles. The molecule has 0 amide bonds. The second kappa shape index (κ2) is 9.53. The Kier molecular flexibility index (Phi) is 7.21. The zero-order valence-corrected chi connectivity index (χ0v) is 21.4. The molecule has 0 fully saturated rings. The predicted molar refractivity (Wildman–Crippen MR) is 132 cm³/mol. The lowest BCUT2D eigenvalue weighted by Gasteiger charge is -2.21. The van der Waals surface area contributed by atoms with Crippen LogP contribution in [0.15, 0.2) is 49.2 Å². The lowest BCUT2D eigenvalue weighted by Crippen LogP contribution is -2.22. The van der Waals surface area contributed by atoms with E-state index in [1.54, 1.807) is 19.4 Å². The average molecular weight is 551 g/mol. The maximum atomic E-state index is 13.0. The molecule has 0 aliphatic heterocycles. The van der Waals surface area contributed by atoms with Gasteiger partial charge in [-0.25, -0.2) is 4.98 Å². The van der Waals surface area contributed by atoms with Gasteiger partial charge in [-0.1, -0.05) is 43.6 Å². The third kappa shape index (κ3) is 5.54. The van der Waals surface area contributed by atoms with Gasteiger partial charge in [0.15, 0.2) is 11.5 Å². The summed E-state index contributed by atoms with van der Waals surface area (Å²) in [5.41, 5.74) is 1.22. The van der Waals surface area contributed by atoms with E-state index in [1.807, 2.05) is 31.2 Å². The number of rotatable bonds is 6. The van der Waals surface area contributed by atoms with Crippen LogP contribution in [-0.4, -0.2) is 29.6 Å². The fraction of sp³-hybridized carbons (Fsp3) is 0.348. The van der Waals surface area contributed by atoms with E-state index >= 15 is 0 Å². The van der Waals surface area contributed by atoms with Crippen molar-refractivity contribution in [2.45, 2.75) is 34.1 Å². The zero-order chi connectivity index (χ0) is 22.8. The van der Waals surface area contributed by atoms with Crippen molar-refractivity contribution in [1.82, 2.24) is 9.66 Å². The topological polar surface area (TPSA) is 65.7 Å². The van der Waals surface area contributed by atoms with Crippen LogP contribution >= 0.6 is 31.9 Å². The Hall–Kier alpha value is -2.19. The van der Waals surface area contributed by atoms with Crippen LogP contribution in [-0.2, 0) is 6.42 Å². The highest BCUT2D eigenvalue weighted by molar-refractivity contribution is 9.10. The van der Waals surface area contributed by atoms with Crippen LogP contribution in [0, 0.1) is 5.41 Å². The van der Waals surface area contributed by atoms with Gasteiger partial charge in [0.1, 0.15) is 5.82 Å². The van der Waals surface area contributed by atoms with Crippen LogP contribution in [0.2, 0.25) is 0 Å². The summed E-state index contributed by atoms with van der Waals surface area (Å²) in [6.45, 7) is 8.80. The first-order valence-corrected chi connectivity index (χ1v) is 11.5. The number of aryl methyl sites for hydroxylation is 1. The van der Waals surface area contributed by atoms with Gasteiger partial charge in [-0.15, -0.1) is 0 Å². The van der Waals surface area contributed by atoms with Crippen molar-refractivity contribution in [2.75, 3.05) is 13.7 Å². The third-order valence-electron chi connectivity index (χ3n) is 4.42. The van der Waals surface area contributed by atoms with Gasteiger partial charge >= 0.3 is 0 Å². The standard InChI is InChI=1S/C23H25Br2N3O3/c1-6-20-27-18-8-7-15(24)11-16(18)22(29)28(20)26-12-14-9-17(25)21(19(10-14)30-5)31-13-23(2,3)4/h7-12H,6,13H2,1-5H3. The summed E-state index contributed by atoms with van der Waals surface area (Å²) in [6, 6.07) is 9.16. The minimum Gasteiger partial charge on any atom is -0.493 e. The summed E-state index contributed by atoms with van der Waals surface area (Å²) >= 11 is 6.98. The van der Waals surface area contributed by atoms with Gasteiger partial charge in [-0.05, 0) is 57.2 Å². The first-order valence-electron chi connectivity index (χ1n) is 9.89. The molecule has 0 N–H and O–H groups in total. The molecule has 0 saturated heterocycles. The number of methoxy groups -OCH3 is 1. The van der Waals surface area contributed by atoms with Gasteiger partial charge in [0.2, 0.25) is 0 Å². The van der Waals surface area contributed by atoms with Gasteiger partial charge in [-0.2, -0.15) is 9.78 Å². The molecule has 164 valence electrons. The summed E-state index contributed by atoms with van der Waals surface area (Å²) < 4.78 is 14.4. The van der Waals surface area contributed by atoms with E-state index in [0.717, 1.165) is 14.5 Å². The van der Waals surface area contributed by atoms with E-state index in [4.69, 9.17) is 9.47 Å². The molecule has 0 radical (unpaired) electrons. The Morgan fingerprint density at radius 3 is 2.58 bits per heavy atom. The minimum atomic E-state index is -0.212. The number of fused-ring (bicyclic) bond motifs is 1. The highest BCUT2D eigenvalue weighted by Crippen LogP contribution is 2.37. The Bertz CT molecular complexity index is 1200. The summed E-state index contributed by atoms with van der Waals surface area (Å²) in [5.74, 6) is 1.81. The number of hydrogen-bond donors (Lipinski definition) is 0. The summed E-state index contributed by atoms with van der Waals surface area (Å²) in [7, 11) is 1.59. The SMILES string of the molecule is CCc1nc2ccc(Br)cc2c(=O)n1N=Cc1cc(Br)c(OCC(C)(C)C)c(OC)c1. The van der Waals surface area contributed by atoms with Crippen LogP contribution < -0.4 is 15.0 Å². The highest BCUT2D eigenvalue weighted by Gasteiger charge is 2.16. The van der Waals surface area contributed by atoms with E-state index in [1.165, 1.54) is 4.68 Å².